The molecule has 3 aromatic rings. The second-order valence-electron chi connectivity index (χ2n) is 4.84. The fourth-order valence-electron chi connectivity index (χ4n) is 1.95. The van der Waals surface area contributed by atoms with Gasteiger partial charge in [0, 0.05) is 25.6 Å². The molecule has 0 aliphatic rings. The Labute approximate surface area is 132 Å². The molecular formula is C15H15N7O. The van der Waals surface area contributed by atoms with E-state index >= 15 is 0 Å². The van der Waals surface area contributed by atoms with E-state index in [-0.39, 0.29) is 6.03 Å². The van der Waals surface area contributed by atoms with E-state index in [1.165, 1.54) is 4.90 Å². The van der Waals surface area contributed by atoms with Crippen molar-refractivity contribution < 1.29 is 4.79 Å². The molecule has 0 saturated carbocycles. The summed E-state index contributed by atoms with van der Waals surface area (Å²) in [5.41, 5.74) is 1.31. The molecule has 0 fully saturated rings. The first-order valence-electron chi connectivity index (χ1n) is 6.95. The third kappa shape index (κ3) is 3.67. The van der Waals surface area contributed by atoms with Gasteiger partial charge in [-0.05, 0) is 12.1 Å². The number of nitrogens with one attached hydrogen (secondary N) is 1. The Morgan fingerprint density at radius 1 is 1.22 bits per heavy atom. The van der Waals surface area contributed by atoms with Gasteiger partial charge in [-0.25, -0.2) is 14.5 Å². The second-order valence-corrected chi connectivity index (χ2v) is 4.84. The van der Waals surface area contributed by atoms with Crippen LogP contribution in [0.5, 0.6) is 0 Å². The van der Waals surface area contributed by atoms with E-state index in [4.69, 9.17) is 0 Å². The molecular weight excluding hydrogens is 294 g/mol. The highest BCUT2D eigenvalue weighted by Crippen LogP contribution is 2.10. The van der Waals surface area contributed by atoms with Crippen LogP contribution >= 0.6 is 0 Å². The largest absolute Gasteiger partial charge is 0.322 e. The normalized spacial score (nSPS) is 10.3. The predicted molar refractivity (Wildman–Crippen MR) is 83.9 cm³/mol. The Morgan fingerprint density at radius 2 is 2.13 bits per heavy atom. The smallest absolute Gasteiger partial charge is 0.322 e. The number of carbonyl (C=O) groups is 1. The summed E-state index contributed by atoms with van der Waals surface area (Å²) in [6.45, 7) is 0.369. The zero-order valence-electron chi connectivity index (χ0n) is 12.5. The summed E-state index contributed by atoms with van der Waals surface area (Å²) in [4.78, 5) is 26.0. The number of rotatable bonds is 4. The molecule has 1 N–H and O–H groups in total. The quantitative estimate of drug-likeness (QED) is 0.792. The van der Waals surface area contributed by atoms with Crippen molar-refractivity contribution in [3.8, 4) is 5.82 Å². The fourth-order valence-corrected chi connectivity index (χ4v) is 1.95. The van der Waals surface area contributed by atoms with Gasteiger partial charge in [0.1, 0.15) is 0 Å². The minimum atomic E-state index is -0.253. The van der Waals surface area contributed by atoms with Crippen LogP contribution in [0.4, 0.5) is 10.5 Å². The zero-order valence-corrected chi connectivity index (χ0v) is 12.5. The third-order valence-electron chi connectivity index (χ3n) is 3.08. The van der Waals surface area contributed by atoms with Crippen molar-refractivity contribution in [3.05, 3.63) is 61.1 Å². The molecule has 3 rings (SSSR count). The lowest BCUT2D eigenvalue weighted by Gasteiger charge is -2.16. The zero-order chi connectivity index (χ0) is 16.1. The monoisotopic (exact) mass is 309 g/mol. The summed E-state index contributed by atoms with van der Waals surface area (Å²) < 4.78 is 1.60. The number of aromatic nitrogens is 5. The van der Waals surface area contributed by atoms with Crippen molar-refractivity contribution in [1.82, 2.24) is 29.6 Å². The summed E-state index contributed by atoms with van der Waals surface area (Å²) in [6.07, 6.45) is 9.78. The van der Waals surface area contributed by atoms with Crippen molar-refractivity contribution in [1.29, 1.82) is 0 Å². The predicted octanol–water partition coefficient (Wildman–Crippen LogP) is 1.72. The van der Waals surface area contributed by atoms with Gasteiger partial charge in [0.25, 0.3) is 0 Å². The highest BCUT2D eigenvalue weighted by atomic mass is 16.2. The SMILES string of the molecule is CN(Cc1cnccn1)C(=O)Nc1cnn(-c2ccccn2)c1. The van der Waals surface area contributed by atoms with Crippen molar-refractivity contribution in [2.45, 2.75) is 6.54 Å². The molecule has 2 amide bonds. The van der Waals surface area contributed by atoms with Crippen LogP contribution < -0.4 is 5.32 Å². The topological polar surface area (TPSA) is 88.8 Å². The van der Waals surface area contributed by atoms with E-state index in [1.807, 2.05) is 18.2 Å². The molecule has 0 saturated heterocycles. The van der Waals surface area contributed by atoms with Crippen LogP contribution in [0, 0.1) is 0 Å². The second kappa shape index (κ2) is 6.65. The number of urea groups is 1. The van der Waals surface area contributed by atoms with E-state index in [9.17, 15) is 4.79 Å². The summed E-state index contributed by atoms with van der Waals surface area (Å²) in [6, 6.07) is 5.28. The molecule has 116 valence electrons. The molecule has 0 aliphatic heterocycles. The first kappa shape index (κ1) is 14.6. The maximum atomic E-state index is 12.2. The highest BCUT2D eigenvalue weighted by Gasteiger charge is 2.11. The Kier molecular flexibility index (Phi) is 4.23. The van der Waals surface area contributed by atoms with E-state index in [2.05, 4.69) is 25.4 Å². The van der Waals surface area contributed by atoms with Gasteiger partial charge in [0.15, 0.2) is 5.82 Å². The van der Waals surface area contributed by atoms with E-state index in [1.54, 1.807) is 48.9 Å². The molecule has 0 unspecified atom stereocenters. The summed E-state index contributed by atoms with van der Waals surface area (Å²) in [7, 11) is 1.69. The Bertz CT molecular complexity index is 773. The van der Waals surface area contributed by atoms with Crippen molar-refractivity contribution in [2.24, 2.45) is 0 Å². The van der Waals surface area contributed by atoms with Crippen LogP contribution in [0.2, 0.25) is 0 Å². The number of carbonyl (C=O) groups excluding carboxylic acids is 1. The molecule has 8 nitrogen and oxygen atoms in total. The molecule has 0 spiro atoms. The highest BCUT2D eigenvalue weighted by molar-refractivity contribution is 5.88. The molecule has 0 atom stereocenters. The van der Waals surface area contributed by atoms with Crippen LogP contribution in [0.1, 0.15) is 5.69 Å². The number of hydrogen-bond acceptors (Lipinski definition) is 5. The molecule has 23 heavy (non-hydrogen) atoms. The molecule has 3 heterocycles. The maximum Gasteiger partial charge on any atom is 0.322 e. The standard InChI is InChI=1S/C15H15N7O/c1-21(10-12-8-16-6-7-17-12)15(23)20-13-9-19-22(11-13)14-4-2-3-5-18-14/h2-9,11H,10H2,1H3,(H,20,23). The Balaban J connectivity index is 1.63. The summed E-state index contributed by atoms with van der Waals surface area (Å²) in [5, 5.41) is 6.96. The van der Waals surface area contributed by atoms with Crippen LogP contribution in [0.15, 0.2) is 55.4 Å². The minimum Gasteiger partial charge on any atom is -0.322 e. The van der Waals surface area contributed by atoms with Crippen LogP contribution in [0.25, 0.3) is 5.82 Å². The molecule has 0 aliphatic carbocycles. The fraction of sp³-hybridized carbons (Fsp3) is 0.133. The first-order valence-corrected chi connectivity index (χ1v) is 6.95. The summed E-state index contributed by atoms with van der Waals surface area (Å²) in [5.74, 6) is 0.681. The van der Waals surface area contributed by atoms with Gasteiger partial charge in [-0.1, -0.05) is 6.07 Å². The van der Waals surface area contributed by atoms with Gasteiger partial charge in [-0.2, -0.15) is 5.10 Å². The van der Waals surface area contributed by atoms with Gasteiger partial charge in [-0.15, -0.1) is 0 Å². The molecule has 8 heteroatoms. The van der Waals surface area contributed by atoms with Crippen molar-refractivity contribution in [2.75, 3.05) is 12.4 Å². The maximum absolute atomic E-state index is 12.2. The van der Waals surface area contributed by atoms with Crippen molar-refractivity contribution in [3.63, 3.8) is 0 Å². The lowest BCUT2D eigenvalue weighted by Crippen LogP contribution is -2.31. The van der Waals surface area contributed by atoms with Gasteiger partial charge >= 0.3 is 6.03 Å². The first-order chi connectivity index (χ1) is 11.2. The Morgan fingerprint density at radius 3 is 2.87 bits per heavy atom. The number of pyridine rings is 1. The third-order valence-corrected chi connectivity index (χ3v) is 3.08. The van der Waals surface area contributed by atoms with Crippen LogP contribution in [-0.2, 0) is 6.54 Å². The van der Waals surface area contributed by atoms with Crippen LogP contribution in [0.3, 0.4) is 0 Å². The average Bonchev–Trinajstić information content (AvgIpc) is 3.05. The minimum absolute atomic E-state index is 0.253. The molecule has 0 bridgehead atoms. The lowest BCUT2D eigenvalue weighted by molar-refractivity contribution is 0.220. The number of anilines is 1. The molecule has 3 aromatic heterocycles. The van der Waals surface area contributed by atoms with E-state index in [0.29, 0.717) is 23.7 Å². The molecule has 0 aromatic carbocycles. The van der Waals surface area contributed by atoms with Crippen LogP contribution in [-0.4, -0.2) is 42.7 Å². The van der Waals surface area contributed by atoms with E-state index in [0.717, 1.165) is 0 Å². The Hall–Kier alpha value is -3.29. The van der Waals surface area contributed by atoms with Crippen molar-refractivity contribution >= 4 is 11.7 Å². The number of hydrogen-bond donors (Lipinski definition) is 1. The number of nitrogens with zero attached hydrogens (tertiary/aromatic N) is 6. The van der Waals surface area contributed by atoms with Gasteiger partial charge in [-0.3, -0.25) is 9.97 Å². The van der Waals surface area contributed by atoms with E-state index < -0.39 is 0 Å². The average molecular weight is 309 g/mol. The van der Waals surface area contributed by atoms with Gasteiger partial charge in [0.05, 0.1) is 36.5 Å². The van der Waals surface area contributed by atoms with Gasteiger partial charge in [0.2, 0.25) is 0 Å². The summed E-state index contributed by atoms with van der Waals surface area (Å²) >= 11 is 0. The number of amides is 2. The molecule has 0 radical (unpaired) electrons. The van der Waals surface area contributed by atoms with Gasteiger partial charge < -0.3 is 10.2 Å². The lowest BCUT2D eigenvalue weighted by atomic mass is 10.4.